The molecule has 1 aromatic rings. The van der Waals surface area contributed by atoms with Gasteiger partial charge in [-0.05, 0) is 37.1 Å². The van der Waals surface area contributed by atoms with Crippen molar-refractivity contribution in [1.29, 1.82) is 0 Å². The van der Waals surface area contributed by atoms with Crippen molar-refractivity contribution in [2.75, 3.05) is 0 Å². The normalized spacial score (nSPS) is 32.9. The first-order valence-corrected chi connectivity index (χ1v) is 7.41. The predicted octanol–water partition coefficient (Wildman–Crippen LogP) is -0.0423. The number of halogens is 1. The largest absolute Gasteiger partial charge is 0.368 e. The van der Waals surface area contributed by atoms with Crippen LogP contribution in [0.3, 0.4) is 0 Å². The van der Waals surface area contributed by atoms with Gasteiger partial charge in [-0.1, -0.05) is 0 Å². The molecule has 3 fully saturated rings. The van der Waals surface area contributed by atoms with E-state index in [-0.39, 0.29) is 10.9 Å². The minimum atomic E-state index is -3.71. The Bertz CT molecular complexity index is 635. The fourth-order valence-corrected chi connectivity index (χ4v) is 5.38. The Balaban J connectivity index is 2.06. The van der Waals surface area contributed by atoms with Crippen molar-refractivity contribution in [2.45, 2.75) is 34.6 Å². The van der Waals surface area contributed by atoms with Crippen molar-refractivity contribution in [3.05, 3.63) is 30.1 Å². The standard InChI is InChI=1S/C12H13FN2O3S/c13-7-1-3-9(4-2-7)19(17,18)12-5-8(6-12)15-10(12)11(14)16/h1-4,8,10,15H,5-6H2,(H2,14,16). The molecule has 2 saturated heterocycles. The van der Waals surface area contributed by atoms with E-state index in [2.05, 4.69) is 5.32 Å². The third kappa shape index (κ3) is 1.54. The highest BCUT2D eigenvalue weighted by atomic mass is 32.2. The summed E-state index contributed by atoms with van der Waals surface area (Å²) in [5.74, 6) is -1.16. The van der Waals surface area contributed by atoms with Gasteiger partial charge in [0.15, 0.2) is 9.84 Å². The summed E-state index contributed by atoms with van der Waals surface area (Å²) in [7, 11) is -3.71. The van der Waals surface area contributed by atoms with Crippen molar-refractivity contribution >= 4 is 15.7 Å². The molecule has 1 aliphatic carbocycles. The molecule has 5 nitrogen and oxygen atoms in total. The van der Waals surface area contributed by atoms with Crippen LogP contribution in [0.1, 0.15) is 12.8 Å². The number of primary amides is 1. The van der Waals surface area contributed by atoms with E-state index in [4.69, 9.17) is 5.73 Å². The molecule has 1 aromatic carbocycles. The third-order valence-electron chi connectivity index (χ3n) is 4.06. The number of hydrogen-bond donors (Lipinski definition) is 2. The van der Waals surface area contributed by atoms with Gasteiger partial charge < -0.3 is 11.1 Å². The minimum absolute atomic E-state index is 0.0210. The van der Waals surface area contributed by atoms with E-state index >= 15 is 0 Å². The Kier molecular flexibility index (Phi) is 2.49. The highest BCUT2D eigenvalue weighted by Gasteiger charge is 2.66. The van der Waals surface area contributed by atoms with E-state index in [1.165, 1.54) is 12.1 Å². The van der Waals surface area contributed by atoms with Crippen LogP contribution in [0.25, 0.3) is 0 Å². The second kappa shape index (κ2) is 3.77. The van der Waals surface area contributed by atoms with Crippen LogP contribution in [0.2, 0.25) is 0 Å². The third-order valence-corrected chi connectivity index (χ3v) is 6.59. The molecule has 0 radical (unpaired) electrons. The van der Waals surface area contributed by atoms with Gasteiger partial charge in [0.05, 0.1) is 4.90 Å². The number of rotatable bonds is 3. The van der Waals surface area contributed by atoms with Crippen LogP contribution in [0.15, 0.2) is 29.2 Å². The molecule has 102 valence electrons. The van der Waals surface area contributed by atoms with E-state index in [1.807, 2.05) is 0 Å². The molecular formula is C12H13FN2O3S. The number of carbonyl (C=O) groups excluding carboxylic acids is 1. The van der Waals surface area contributed by atoms with E-state index in [1.54, 1.807) is 0 Å². The number of amides is 1. The van der Waals surface area contributed by atoms with Crippen LogP contribution in [-0.4, -0.2) is 31.2 Å². The number of nitrogens with two attached hydrogens (primary N) is 1. The summed E-state index contributed by atoms with van der Waals surface area (Å²) in [5, 5.41) is 2.93. The van der Waals surface area contributed by atoms with Gasteiger partial charge in [-0.3, -0.25) is 4.79 Å². The Morgan fingerprint density at radius 3 is 2.42 bits per heavy atom. The van der Waals surface area contributed by atoms with Crippen LogP contribution in [0, 0.1) is 5.82 Å². The lowest BCUT2D eigenvalue weighted by Gasteiger charge is -2.38. The van der Waals surface area contributed by atoms with E-state index in [9.17, 15) is 17.6 Å². The molecule has 19 heavy (non-hydrogen) atoms. The number of nitrogens with one attached hydrogen (secondary N) is 1. The van der Waals surface area contributed by atoms with Crippen molar-refractivity contribution in [3.8, 4) is 0 Å². The topological polar surface area (TPSA) is 89.3 Å². The molecule has 3 aliphatic rings. The molecule has 2 heterocycles. The molecule has 1 saturated carbocycles. The van der Waals surface area contributed by atoms with Crippen LogP contribution in [-0.2, 0) is 14.6 Å². The monoisotopic (exact) mass is 284 g/mol. The molecule has 2 aliphatic heterocycles. The number of benzene rings is 1. The smallest absolute Gasteiger partial charge is 0.236 e. The van der Waals surface area contributed by atoms with Crippen molar-refractivity contribution in [3.63, 3.8) is 0 Å². The molecule has 4 rings (SSSR count). The molecule has 0 aromatic heterocycles. The Morgan fingerprint density at radius 2 is 1.89 bits per heavy atom. The first-order valence-electron chi connectivity index (χ1n) is 5.92. The second-order valence-corrected chi connectivity index (χ2v) is 7.42. The molecule has 1 amide bonds. The number of fused-ring (bicyclic) bond motifs is 1. The fraction of sp³-hybridized carbons (Fsp3) is 0.417. The zero-order chi connectivity index (χ0) is 13.8. The van der Waals surface area contributed by atoms with Gasteiger partial charge in [0.2, 0.25) is 5.91 Å². The van der Waals surface area contributed by atoms with Gasteiger partial charge in [-0.15, -0.1) is 0 Å². The zero-order valence-electron chi connectivity index (χ0n) is 9.97. The van der Waals surface area contributed by atoms with Gasteiger partial charge in [-0.2, -0.15) is 0 Å². The summed E-state index contributed by atoms with van der Waals surface area (Å²) in [5.41, 5.74) is 5.27. The first kappa shape index (κ1) is 12.6. The lowest BCUT2D eigenvalue weighted by molar-refractivity contribution is -0.119. The molecule has 1 unspecified atom stereocenters. The van der Waals surface area contributed by atoms with Crippen molar-refractivity contribution in [2.24, 2.45) is 5.73 Å². The number of sulfone groups is 1. The van der Waals surface area contributed by atoms with Gasteiger partial charge in [-0.25, -0.2) is 12.8 Å². The Morgan fingerprint density at radius 1 is 1.32 bits per heavy atom. The minimum Gasteiger partial charge on any atom is -0.368 e. The maximum Gasteiger partial charge on any atom is 0.236 e. The molecule has 0 spiro atoms. The lowest BCUT2D eigenvalue weighted by atomic mass is 9.81. The molecule has 2 bridgehead atoms. The Hall–Kier alpha value is -1.47. The van der Waals surface area contributed by atoms with Crippen molar-refractivity contribution < 1.29 is 17.6 Å². The summed E-state index contributed by atoms with van der Waals surface area (Å²) in [6.07, 6.45) is 0.751. The predicted molar refractivity (Wildman–Crippen MR) is 65.5 cm³/mol. The van der Waals surface area contributed by atoms with Crippen LogP contribution in [0.4, 0.5) is 4.39 Å². The summed E-state index contributed by atoms with van der Waals surface area (Å²) in [6, 6.07) is 3.80. The summed E-state index contributed by atoms with van der Waals surface area (Å²) in [6.45, 7) is 0. The molecule has 3 N–H and O–H groups in total. The fourth-order valence-electron chi connectivity index (χ4n) is 3.08. The number of carbonyl (C=O) groups is 1. The van der Waals surface area contributed by atoms with Gasteiger partial charge >= 0.3 is 0 Å². The molecular weight excluding hydrogens is 271 g/mol. The molecule has 1 atom stereocenters. The summed E-state index contributed by atoms with van der Waals surface area (Å²) in [4.78, 5) is 11.4. The summed E-state index contributed by atoms with van der Waals surface area (Å²) < 4.78 is 37.0. The zero-order valence-corrected chi connectivity index (χ0v) is 10.8. The SMILES string of the molecule is NC(=O)C1NC2CC1(S(=O)(=O)c1ccc(F)cc1)C2. The van der Waals surface area contributed by atoms with Crippen LogP contribution >= 0.6 is 0 Å². The average Bonchev–Trinajstić information content (AvgIpc) is 2.85. The highest BCUT2D eigenvalue weighted by molar-refractivity contribution is 7.93. The van der Waals surface area contributed by atoms with Gasteiger partial charge in [0.1, 0.15) is 16.6 Å². The average molecular weight is 284 g/mol. The van der Waals surface area contributed by atoms with Crippen LogP contribution in [0.5, 0.6) is 0 Å². The highest BCUT2D eigenvalue weighted by Crippen LogP contribution is 2.50. The Labute approximate surface area is 109 Å². The summed E-state index contributed by atoms with van der Waals surface area (Å²) >= 11 is 0. The second-order valence-electron chi connectivity index (χ2n) is 5.13. The first-order chi connectivity index (χ1) is 8.87. The van der Waals surface area contributed by atoms with Crippen LogP contribution < -0.4 is 11.1 Å². The maximum absolute atomic E-state index is 12.9. The lowest BCUT2D eigenvalue weighted by Crippen LogP contribution is -2.55. The van der Waals surface area contributed by atoms with E-state index < -0.39 is 32.4 Å². The van der Waals surface area contributed by atoms with Gasteiger partial charge in [0.25, 0.3) is 0 Å². The molecule has 7 heteroatoms. The quantitative estimate of drug-likeness (QED) is 0.762. The van der Waals surface area contributed by atoms with E-state index in [0.717, 1.165) is 12.1 Å². The number of hydrogen-bond acceptors (Lipinski definition) is 4. The van der Waals surface area contributed by atoms with Crippen molar-refractivity contribution in [1.82, 2.24) is 5.32 Å². The van der Waals surface area contributed by atoms with Gasteiger partial charge in [0, 0.05) is 6.04 Å². The van der Waals surface area contributed by atoms with E-state index in [0.29, 0.717) is 12.8 Å². The maximum atomic E-state index is 12.9.